The third-order valence-corrected chi connectivity index (χ3v) is 6.27. The predicted molar refractivity (Wildman–Crippen MR) is 58.5 cm³/mol. The summed E-state index contributed by atoms with van der Waals surface area (Å²) in [4.78, 5) is 0. The fraction of sp³-hybridized carbons (Fsp3) is 1.00. The van der Waals surface area contributed by atoms with Gasteiger partial charge in [0, 0.05) is 26.3 Å². The molecule has 0 amide bonds. The average molecular weight is 413 g/mol. The van der Waals surface area contributed by atoms with Crippen LogP contribution in [0.2, 0.25) is 0 Å². The number of hydrogen-bond donors (Lipinski definition) is 1. The summed E-state index contributed by atoms with van der Waals surface area (Å²) in [6, 6.07) is 0. The molecule has 0 fully saturated rings. The second-order valence-electron chi connectivity index (χ2n) is 2.86. The van der Waals surface area contributed by atoms with Crippen LogP contribution in [0.3, 0.4) is 0 Å². The Morgan fingerprint density at radius 3 is 2.00 bits per heavy atom. The van der Waals surface area contributed by atoms with Crippen molar-refractivity contribution in [3.63, 3.8) is 0 Å². The standard InChI is InChI=1S/C6H16NO2PS2.W/c1-5(2)8-10(11,9-7)12-6(3)4;/h5-6H,7H2,1-4H3;. The van der Waals surface area contributed by atoms with Crippen LogP contribution in [0.4, 0.5) is 0 Å². The van der Waals surface area contributed by atoms with Gasteiger partial charge in [-0.2, -0.15) is 0 Å². The van der Waals surface area contributed by atoms with Gasteiger partial charge in [-0.15, -0.1) is 0 Å². The zero-order chi connectivity index (χ0) is 9.78. The summed E-state index contributed by atoms with van der Waals surface area (Å²) >= 11 is 6.65. The maximum atomic E-state index is 5.44. The molecule has 0 bridgehead atoms. The van der Waals surface area contributed by atoms with Crippen molar-refractivity contribution in [2.75, 3.05) is 0 Å². The molecule has 80 valence electrons. The number of rotatable bonds is 5. The Morgan fingerprint density at radius 2 is 1.77 bits per heavy atom. The maximum Gasteiger partial charge on any atom is 0.264 e. The molecule has 2 N–H and O–H groups in total. The van der Waals surface area contributed by atoms with Crippen LogP contribution in [-0.2, 0) is 42.0 Å². The molecule has 0 aromatic heterocycles. The van der Waals surface area contributed by atoms with Crippen LogP contribution in [0.25, 0.3) is 0 Å². The van der Waals surface area contributed by atoms with Gasteiger partial charge < -0.3 is 4.52 Å². The molecule has 0 heterocycles. The first kappa shape index (κ1) is 17.0. The Bertz CT molecular complexity index is 166. The normalized spacial score (nSPS) is 15.6. The molecule has 1 atom stereocenters. The average Bonchev–Trinajstić information content (AvgIpc) is 1.83. The van der Waals surface area contributed by atoms with Crippen molar-refractivity contribution in [3.05, 3.63) is 0 Å². The van der Waals surface area contributed by atoms with Gasteiger partial charge in [0.1, 0.15) is 0 Å². The molecular formula is C6H16NO2PS2W. The molecule has 0 radical (unpaired) electrons. The third-order valence-electron chi connectivity index (χ3n) is 0.809. The summed E-state index contributed by atoms with van der Waals surface area (Å²) in [5.41, 5.74) is -2.28. The Kier molecular flexibility index (Phi) is 10.2. The first-order chi connectivity index (χ1) is 5.39. The zero-order valence-corrected chi connectivity index (χ0v) is 13.7. The minimum Gasteiger partial charge on any atom is -0.318 e. The van der Waals surface area contributed by atoms with E-state index >= 15 is 0 Å². The molecule has 3 nitrogen and oxygen atoms in total. The first-order valence-electron chi connectivity index (χ1n) is 3.75. The maximum absolute atomic E-state index is 5.44. The molecule has 0 aromatic carbocycles. The van der Waals surface area contributed by atoms with Crippen molar-refractivity contribution in [1.29, 1.82) is 0 Å². The van der Waals surface area contributed by atoms with Crippen LogP contribution in [0, 0.1) is 0 Å². The van der Waals surface area contributed by atoms with E-state index in [9.17, 15) is 0 Å². The smallest absolute Gasteiger partial charge is 0.264 e. The van der Waals surface area contributed by atoms with Crippen LogP contribution < -0.4 is 5.90 Å². The summed E-state index contributed by atoms with van der Waals surface area (Å²) in [6.07, 6.45) is 0.0608. The number of hydrogen-bond acceptors (Lipinski definition) is 5. The van der Waals surface area contributed by atoms with E-state index in [0.29, 0.717) is 5.25 Å². The van der Waals surface area contributed by atoms with E-state index in [0.717, 1.165) is 0 Å². The molecule has 0 saturated heterocycles. The Labute approximate surface area is 104 Å². The van der Waals surface area contributed by atoms with Gasteiger partial charge in [-0.05, 0) is 25.7 Å². The van der Waals surface area contributed by atoms with Crippen LogP contribution in [0.15, 0.2) is 0 Å². The van der Waals surface area contributed by atoms with E-state index in [-0.39, 0.29) is 27.2 Å². The molecular weight excluding hydrogens is 397 g/mol. The van der Waals surface area contributed by atoms with E-state index in [4.69, 9.17) is 26.9 Å². The monoisotopic (exact) mass is 413 g/mol. The topological polar surface area (TPSA) is 44.5 Å². The summed E-state index contributed by atoms with van der Waals surface area (Å²) in [5, 5.41) is 0.373. The number of nitrogens with two attached hydrogens (primary N) is 1. The van der Waals surface area contributed by atoms with Gasteiger partial charge in [-0.25, -0.2) is 10.5 Å². The van der Waals surface area contributed by atoms with Crippen molar-refractivity contribution >= 4 is 28.9 Å². The molecule has 7 heteroatoms. The summed E-state index contributed by atoms with van der Waals surface area (Å²) in [6.45, 7) is 7.91. The first-order valence-corrected chi connectivity index (χ1v) is 7.87. The van der Waals surface area contributed by atoms with Gasteiger partial charge in [0.15, 0.2) is 0 Å². The Balaban J connectivity index is 0. The second kappa shape index (κ2) is 7.81. The van der Waals surface area contributed by atoms with Gasteiger partial charge in [-0.3, -0.25) is 0 Å². The minimum absolute atomic E-state index is 0. The predicted octanol–water partition coefficient (Wildman–Crippen LogP) is 2.67. The summed E-state index contributed by atoms with van der Waals surface area (Å²) in [5.74, 6) is 5.10. The molecule has 0 aromatic rings. The molecule has 13 heavy (non-hydrogen) atoms. The molecule has 1 unspecified atom stereocenters. The van der Waals surface area contributed by atoms with Crippen LogP contribution >= 0.6 is 17.1 Å². The fourth-order valence-corrected chi connectivity index (χ4v) is 6.20. The minimum atomic E-state index is -2.28. The second-order valence-corrected chi connectivity index (χ2v) is 9.54. The van der Waals surface area contributed by atoms with Gasteiger partial charge in [-0.1, -0.05) is 25.2 Å². The molecule has 0 spiro atoms. The Hall–Kier alpha value is 1.57. The molecule has 0 aliphatic carbocycles. The quantitative estimate of drug-likeness (QED) is 0.555. The van der Waals surface area contributed by atoms with E-state index in [2.05, 4.69) is 0 Å². The Morgan fingerprint density at radius 1 is 1.31 bits per heavy atom. The molecule has 0 aliphatic rings. The van der Waals surface area contributed by atoms with Crippen molar-refractivity contribution in [1.82, 2.24) is 0 Å². The molecule has 0 rings (SSSR count). The summed E-state index contributed by atoms with van der Waals surface area (Å²) < 4.78 is 10.2. The molecule has 0 saturated carbocycles. The van der Waals surface area contributed by atoms with Gasteiger partial charge in [0.2, 0.25) is 0 Å². The summed E-state index contributed by atoms with van der Waals surface area (Å²) in [7, 11) is 0. The SMILES string of the molecule is CC(C)OP(=S)(ON)SC(C)C.[W]. The fourth-order valence-electron chi connectivity index (χ4n) is 0.591. The zero-order valence-electron chi connectivity index (χ0n) is 8.22. The van der Waals surface area contributed by atoms with Crippen molar-refractivity contribution in [2.24, 2.45) is 5.90 Å². The van der Waals surface area contributed by atoms with Crippen LogP contribution in [0.5, 0.6) is 0 Å². The van der Waals surface area contributed by atoms with Crippen molar-refractivity contribution < 1.29 is 30.2 Å². The van der Waals surface area contributed by atoms with Crippen molar-refractivity contribution in [2.45, 2.75) is 39.0 Å². The van der Waals surface area contributed by atoms with Crippen LogP contribution in [0.1, 0.15) is 27.7 Å². The van der Waals surface area contributed by atoms with Gasteiger partial charge in [0.05, 0.1) is 6.10 Å². The molecule has 0 aliphatic heterocycles. The van der Waals surface area contributed by atoms with Gasteiger partial charge in [0.25, 0.3) is 5.69 Å². The van der Waals surface area contributed by atoms with E-state index in [1.54, 1.807) is 0 Å². The van der Waals surface area contributed by atoms with E-state index < -0.39 is 5.69 Å². The van der Waals surface area contributed by atoms with E-state index in [1.165, 1.54) is 11.4 Å². The van der Waals surface area contributed by atoms with Crippen molar-refractivity contribution in [3.8, 4) is 0 Å². The van der Waals surface area contributed by atoms with Gasteiger partial charge >= 0.3 is 0 Å². The van der Waals surface area contributed by atoms with E-state index in [1.807, 2.05) is 27.7 Å². The van der Waals surface area contributed by atoms with Crippen LogP contribution in [-0.4, -0.2) is 11.4 Å². The third kappa shape index (κ3) is 8.56. The largest absolute Gasteiger partial charge is 0.318 e.